The van der Waals surface area contributed by atoms with Crippen molar-refractivity contribution in [2.75, 3.05) is 11.1 Å². The quantitative estimate of drug-likeness (QED) is 0.266. The van der Waals surface area contributed by atoms with Crippen molar-refractivity contribution in [2.24, 2.45) is 0 Å². The number of benzene rings is 2. The molecule has 2 aromatic rings. The van der Waals surface area contributed by atoms with Crippen molar-refractivity contribution in [3.05, 3.63) is 63.7 Å². The summed E-state index contributed by atoms with van der Waals surface area (Å²) in [6.45, 7) is 0.974. The van der Waals surface area contributed by atoms with Crippen molar-refractivity contribution in [3.8, 4) is 0 Å². The molecule has 1 atom stereocenters. The number of nitrogens with zero attached hydrogens (tertiary/aromatic N) is 1. The van der Waals surface area contributed by atoms with Gasteiger partial charge in [0.05, 0.1) is 21.7 Å². The van der Waals surface area contributed by atoms with E-state index in [0.29, 0.717) is 17.8 Å². The summed E-state index contributed by atoms with van der Waals surface area (Å²) in [5.41, 5.74) is -6.37. The molecule has 0 heterocycles. The van der Waals surface area contributed by atoms with Crippen LogP contribution >= 0.6 is 11.8 Å². The molecule has 0 aliphatic rings. The molecular weight excluding hydrogens is 454 g/mol. The number of anilines is 1. The van der Waals surface area contributed by atoms with Gasteiger partial charge in [-0.1, -0.05) is 6.07 Å². The van der Waals surface area contributed by atoms with Crippen LogP contribution in [-0.2, 0) is 17.1 Å². The van der Waals surface area contributed by atoms with Crippen molar-refractivity contribution >= 4 is 29.0 Å². The third kappa shape index (κ3) is 6.34. The number of hydrogen-bond donors (Lipinski definition) is 2. The number of rotatable bonds is 6. The first kappa shape index (κ1) is 24.5. The fourth-order valence-corrected chi connectivity index (χ4v) is 3.26. The highest BCUT2D eigenvalue weighted by Gasteiger charge is 2.38. The lowest BCUT2D eigenvalue weighted by Gasteiger charge is -2.23. The Labute approximate surface area is 175 Å². The Morgan fingerprint density at radius 3 is 2.29 bits per heavy atom. The van der Waals surface area contributed by atoms with Crippen LogP contribution in [0.25, 0.3) is 0 Å². The van der Waals surface area contributed by atoms with Crippen LogP contribution in [0.5, 0.6) is 0 Å². The first-order chi connectivity index (χ1) is 14.1. The maximum Gasteiger partial charge on any atom is 0.418 e. The molecule has 0 bridgehead atoms. The van der Waals surface area contributed by atoms with Crippen LogP contribution in [0.1, 0.15) is 18.1 Å². The van der Waals surface area contributed by atoms with E-state index in [2.05, 4.69) is 0 Å². The van der Waals surface area contributed by atoms with E-state index in [1.807, 2.05) is 5.32 Å². The van der Waals surface area contributed by atoms with Gasteiger partial charge in [0.2, 0.25) is 0 Å². The van der Waals surface area contributed by atoms with Crippen LogP contribution in [0.2, 0.25) is 0 Å². The molecule has 6 nitrogen and oxygen atoms in total. The predicted molar refractivity (Wildman–Crippen MR) is 99.5 cm³/mol. The molecule has 2 rings (SSSR count). The van der Waals surface area contributed by atoms with Crippen molar-refractivity contribution < 1.29 is 41.2 Å². The maximum atomic E-state index is 13.2. The lowest BCUT2D eigenvalue weighted by Crippen LogP contribution is -2.42. The Bertz CT molecular complexity index is 992. The second-order valence-corrected chi connectivity index (χ2v) is 7.58. The lowest BCUT2D eigenvalue weighted by molar-refractivity contribution is -0.385. The fraction of sp³-hybridized carbons (Fsp3) is 0.278. The molecule has 0 aliphatic carbocycles. The Morgan fingerprint density at radius 1 is 1.10 bits per heavy atom. The van der Waals surface area contributed by atoms with Gasteiger partial charge in [0.25, 0.3) is 11.6 Å². The molecule has 1 unspecified atom stereocenters. The number of carbonyl (C=O) groups is 1. The van der Waals surface area contributed by atoms with Gasteiger partial charge in [0.1, 0.15) is 5.60 Å². The van der Waals surface area contributed by atoms with Gasteiger partial charge in [0, 0.05) is 22.8 Å². The molecule has 2 aromatic carbocycles. The molecule has 0 aromatic heterocycles. The number of halogens is 6. The SMILES string of the molecule is CC(O)(CSc1cccc(C(F)(F)F)c1)C(=O)Nc1ccc([N+](=O)[O-])cc1C(F)(F)F. The normalized spacial score (nSPS) is 14.1. The van der Waals surface area contributed by atoms with Crippen LogP contribution in [-0.4, -0.2) is 27.3 Å². The summed E-state index contributed by atoms with van der Waals surface area (Å²) in [5.74, 6) is -1.75. The molecule has 2 N–H and O–H groups in total. The molecule has 0 radical (unpaired) electrons. The first-order valence-corrected chi connectivity index (χ1v) is 9.29. The number of nitrogens with one attached hydrogen (secondary N) is 1. The Hall–Kier alpha value is -2.80. The molecule has 0 saturated heterocycles. The summed E-state index contributed by atoms with van der Waals surface area (Å²) in [5, 5.41) is 22.9. The summed E-state index contributed by atoms with van der Waals surface area (Å²) in [7, 11) is 0. The van der Waals surface area contributed by atoms with Gasteiger partial charge in [-0.3, -0.25) is 14.9 Å². The van der Waals surface area contributed by atoms with Gasteiger partial charge in [0.15, 0.2) is 0 Å². The van der Waals surface area contributed by atoms with Crippen LogP contribution in [0, 0.1) is 10.1 Å². The van der Waals surface area contributed by atoms with Crippen LogP contribution < -0.4 is 5.32 Å². The minimum absolute atomic E-state index is 0.0780. The molecule has 0 spiro atoms. The second-order valence-electron chi connectivity index (χ2n) is 6.53. The third-order valence-electron chi connectivity index (χ3n) is 3.94. The number of aliphatic hydroxyl groups is 1. The van der Waals surface area contributed by atoms with Gasteiger partial charge in [-0.15, -0.1) is 11.8 Å². The van der Waals surface area contributed by atoms with Gasteiger partial charge in [-0.2, -0.15) is 26.3 Å². The van der Waals surface area contributed by atoms with E-state index in [1.54, 1.807) is 0 Å². The lowest BCUT2D eigenvalue weighted by atomic mass is 10.1. The molecule has 0 fully saturated rings. The first-order valence-electron chi connectivity index (χ1n) is 8.31. The Balaban J connectivity index is 2.19. The van der Waals surface area contributed by atoms with E-state index in [-0.39, 0.29) is 11.0 Å². The number of carbonyl (C=O) groups excluding carboxylic acids is 1. The van der Waals surface area contributed by atoms with Gasteiger partial charge in [-0.25, -0.2) is 0 Å². The number of amides is 1. The summed E-state index contributed by atoms with van der Waals surface area (Å²) in [6, 6.07) is 5.74. The zero-order valence-corrected chi connectivity index (χ0v) is 16.4. The average molecular weight is 468 g/mol. The van der Waals surface area contributed by atoms with E-state index in [0.717, 1.165) is 31.2 Å². The molecule has 1 amide bonds. The van der Waals surface area contributed by atoms with Crippen LogP contribution in [0.3, 0.4) is 0 Å². The predicted octanol–water partition coefficient (Wildman–Crippen LogP) is 5.11. The average Bonchev–Trinajstić information content (AvgIpc) is 2.65. The zero-order valence-electron chi connectivity index (χ0n) is 15.5. The van der Waals surface area contributed by atoms with Crippen molar-refractivity contribution in [1.82, 2.24) is 0 Å². The molecular formula is C18H14F6N2O4S. The summed E-state index contributed by atoms with van der Waals surface area (Å²) in [4.78, 5) is 22.1. The summed E-state index contributed by atoms with van der Waals surface area (Å²) >= 11 is 0.690. The van der Waals surface area contributed by atoms with E-state index >= 15 is 0 Å². The number of nitro groups is 1. The third-order valence-corrected chi connectivity index (χ3v) is 5.23. The second kappa shape index (κ2) is 8.75. The number of non-ortho nitro benzene ring substituents is 1. The van der Waals surface area contributed by atoms with E-state index in [4.69, 9.17) is 0 Å². The van der Waals surface area contributed by atoms with Crippen molar-refractivity contribution in [1.29, 1.82) is 0 Å². The fourth-order valence-electron chi connectivity index (χ4n) is 2.30. The zero-order chi connectivity index (χ0) is 23.6. The van der Waals surface area contributed by atoms with Gasteiger partial charge in [-0.05, 0) is 31.2 Å². The number of nitro benzene ring substituents is 1. The minimum Gasteiger partial charge on any atom is -0.379 e. The minimum atomic E-state index is -5.03. The molecule has 13 heteroatoms. The smallest absolute Gasteiger partial charge is 0.379 e. The van der Waals surface area contributed by atoms with E-state index in [9.17, 15) is 46.4 Å². The van der Waals surface area contributed by atoms with Gasteiger partial charge < -0.3 is 10.4 Å². The van der Waals surface area contributed by atoms with Gasteiger partial charge >= 0.3 is 12.4 Å². The number of thioether (sulfide) groups is 1. The standard InChI is InChI=1S/C18H14F6N2O4S/c1-16(28,9-31-12-4-2-3-10(7-12)17(19,20)21)15(27)25-14-6-5-11(26(29)30)8-13(14)18(22,23)24/h2-8,28H,9H2,1H3,(H,25,27). The largest absolute Gasteiger partial charge is 0.418 e. The highest BCUT2D eigenvalue weighted by Crippen LogP contribution is 2.38. The summed E-state index contributed by atoms with van der Waals surface area (Å²) in [6.07, 6.45) is -9.63. The maximum absolute atomic E-state index is 13.2. The van der Waals surface area contributed by atoms with Crippen molar-refractivity contribution in [3.63, 3.8) is 0 Å². The topological polar surface area (TPSA) is 92.5 Å². The molecule has 0 aliphatic heterocycles. The number of alkyl halides is 6. The highest BCUT2D eigenvalue weighted by molar-refractivity contribution is 7.99. The Kier molecular flexibility index (Phi) is 6.90. The highest BCUT2D eigenvalue weighted by atomic mass is 32.2. The van der Waals surface area contributed by atoms with Crippen molar-refractivity contribution in [2.45, 2.75) is 29.8 Å². The van der Waals surface area contributed by atoms with Crippen LogP contribution in [0.4, 0.5) is 37.7 Å². The monoisotopic (exact) mass is 468 g/mol. The van der Waals surface area contributed by atoms with Crippen LogP contribution in [0.15, 0.2) is 47.4 Å². The van der Waals surface area contributed by atoms with E-state index in [1.165, 1.54) is 6.07 Å². The molecule has 31 heavy (non-hydrogen) atoms. The Morgan fingerprint density at radius 2 is 1.74 bits per heavy atom. The summed E-state index contributed by atoms with van der Waals surface area (Å²) < 4.78 is 77.9. The van der Waals surface area contributed by atoms with E-state index < -0.39 is 57.0 Å². The molecule has 0 saturated carbocycles. The molecule has 168 valence electrons. The number of hydrogen-bond acceptors (Lipinski definition) is 5.